The smallest absolute Gasteiger partial charge is 0.213 e. The predicted molar refractivity (Wildman–Crippen MR) is 70.3 cm³/mol. The van der Waals surface area contributed by atoms with Gasteiger partial charge in [-0.3, -0.25) is 0 Å². The Hall–Kier alpha value is -1.40. The van der Waals surface area contributed by atoms with Gasteiger partial charge in [0.15, 0.2) is 6.61 Å². The first kappa shape index (κ1) is 13.0. The Morgan fingerprint density at radius 3 is 2.94 bits per heavy atom. The van der Waals surface area contributed by atoms with Crippen molar-refractivity contribution in [3.05, 3.63) is 40.0 Å². The van der Waals surface area contributed by atoms with Gasteiger partial charge < -0.3 is 15.0 Å². The van der Waals surface area contributed by atoms with Crippen LogP contribution in [0.3, 0.4) is 0 Å². The number of hydrogen-bond acceptors (Lipinski definition) is 5. The van der Waals surface area contributed by atoms with Crippen LogP contribution in [0.25, 0.3) is 0 Å². The Balaban J connectivity index is 2.19. The Kier molecular flexibility index (Phi) is 4.33. The number of benzene rings is 1. The second kappa shape index (κ2) is 5.97. The van der Waals surface area contributed by atoms with Crippen LogP contribution in [0.1, 0.15) is 17.0 Å². The average molecular weight is 312 g/mol. The molecular weight excluding hydrogens is 298 g/mol. The van der Waals surface area contributed by atoms with Crippen LogP contribution in [0.2, 0.25) is 0 Å². The molecule has 1 heterocycles. The van der Waals surface area contributed by atoms with E-state index in [-0.39, 0.29) is 6.61 Å². The van der Waals surface area contributed by atoms with Gasteiger partial charge in [0.1, 0.15) is 5.75 Å². The van der Waals surface area contributed by atoms with Gasteiger partial charge in [0, 0.05) is 4.47 Å². The van der Waals surface area contributed by atoms with Crippen molar-refractivity contribution < 1.29 is 9.26 Å². The minimum atomic E-state index is 0.288. The van der Waals surface area contributed by atoms with Crippen molar-refractivity contribution in [3.8, 4) is 5.75 Å². The van der Waals surface area contributed by atoms with Crippen molar-refractivity contribution in [1.29, 1.82) is 0 Å². The molecular formula is C12H14BrN3O2. The van der Waals surface area contributed by atoms with Gasteiger partial charge in [0.05, 0.1) is 0 Å². The van der Waals surface area contributed by atoms with E-state index >= 15 is 0 Å². The molecule has 0 aliphatic rings. The summed E-state index contributed by atoms with van der Waals surface area (Å²) in [5, 5.41) is 3.71. The quantitative estimate of drug-likeness (QED) is 0.916. The Morgan fingerprint density at radius 1 is 1.44 bits per heavy atom. The number of aromatic nitrogens is 2. The van der Waals surface area contributed by atoms with Gasteiger partial charge in [-0.2, -0.15) is 4.98 Å². The summed E-state index contributed by atoms with van der Waals surface area (Å²) >= 11 is 3.47. The molecule has 0 aliphatic heterocycles. The van der Waals surface area contributed by atoms with Crippen LogP contribution in [0.5, 0.6) is 5.75 Å². The molecule has 0 bridgehead atoms. The number of hydrogen-bond donors (Lipinski definition) is 1. The van der Waals surface area contributed by atoms with E-state index in [9.17, 15) is 0 Å². The predicted octanol–water partition coefficient (Wildman–Crippen LogP) is 2.22. The van der Waals surface area contributed by atoms with Gasteiger partial charge in [-0.15, -0.1) is 0 Å². The molecule has 6 heteroatoms. The van der Waals surface area contributed by atoms with E-state index in [1.54, 1.807) is 0 Å². The summed E-state index contributed by atoms with van der Waals surface area (Å²) in [5.41, 5.74) is 7.74. The second-order valence-electron chi connectivity index (χ2n) is 3.89. The number of nitrogens with two attached hydrogens (primary N) is 1. The molecule has 2 N–H and O–H groups in total. The van der Waals surface area contributed by atoms with Crippen molar-refractivity contribution in [3.63, 3.8) is 0 Å². The standard InChI is InChI=1S/C12H14BrN3O2/c1-8-4-10(13)5-9(2-3-14)12(8)17-6-11-15-7-18-16-11/h4-5,7H,2-3,6,14H2,1H3. The number of rotatable bonds is 5. The maximum absolute atomic E-state index is 5.76. The van der Waals surface area contributed by atoms with Crippen molar-refractivity contribution >= 4 is 15.9 Å². The summed E-state index contributed by atoms with van der Waals surface area (Å²) in [6.45, 7) is 2.86. The molecule has 0 radical (unpaired) electrons. The molecule has 0 amide bonds. The molecule has 0 spiro atoms. The van der Waals surface area contributed by atoms with Gasteiger partial charge in [-0.05, 0) is 43.1 Å². The van der Waals surface area contributed by atoms with E-state index in [1.807, 2.05) is 19.1 Å². The maximum atomic E-state index is 5.76. The fourth-order valence-corrected chi connectivity index (χ4v) is 2.36. The molecule has 0 fully saturated rings. The zero-order valence-electron chi connectivity index (χ0n) is 10.0. The normalized spacial score (nSPS) is 10.6. The van der Waals surface area contributed by atoms with Gasteiger partial charge in [0.25, 0.3) is 0 Å². The highest BCUT2D eigenvalue weighted by Crippen LogP contribution is 2.28. The lowest BCUT2D eigenvalue weighted by atomic mass is 10.1. The van der Waals surface area contributed by atoms with Crippen LogP contribution in [0, 0.1) is 6.92 Å². The number of halogens is 1. The van der Waals surface area contributed by atoms with Gasteiger partial charge in [0.2, 0.25) is 12.2 Å². The van der Waals surface area contributed by atoms with Gasteiger partial charge in [-0.25, -0.2) is 0 Å². The van der Waals surface area contributed by atoms with Crippen molar-refractivity contribution in [2.75, 3.05) is 6.54 Å². The van der Waals surface area contributed by atoms with E-state index < -0.39 is 0 Å². The highest BCUT2D eigenvalue weighted by molar-refractivity contribution is 9.10. The van der Waals surface area contributed by atoms with Crippen LogP contribution < -0.4 is 10.5 Å². The molecule has 1 aromatic carbocycles. The summed E-state index contributed by atoms with van der Waals surface area (Å²) in [4.78, 5) is 3.92. The van der Waals surface area contributed by atoms with E-state index in [0.717, 1.165) is 27.8 Å². The molecule has 18 heavy (non-hydrogen) atoms. The highest BCUT2D eigenvalue weighted by Gasteiger charge is 2.10. The first-order valence-corrected chi connectivity index (χ1v) is 6.37. The van der Waals surface area contributed by atoms with Crippen LogP contribution in [-0.4, -0.2) is 16.7 Å². The molecule has 2 rings (SSSR count). The molecule has 96 valence electrons. The minimum Gasteiger partial charge on any atom is -0.485 e. The second-order valence-corrected chi connectivity index (χ2v) is 4.80. The number of nitrogens with zero attached hydrogens (tertiary/aromatic N) is 2. The first-order chi connectivity index (χ1) is 8.70. The van der Waals surface area contributed by atoms with E-state index in [4.69, 9.17) is 10.5 Å². The largest absolute Gasteiger partial charge is 0.485 e. The molecule has 0 aliphatic carbocycles. The van der Waals surface area contributed by atoms with E-state index in [1.165, 1.54) is 6.39 Å². The minimum absolute atomic E-state index is 0.288. The number of aryl methyl sites for hydroxylation is 1. The summed E-state index contributed by atoms with van der Waals surface area (Å²) in [5.74, 6) is 1.37. The lowest BCUT2D eigenvalue weighted by Crippen LogP contribution is -2.07. The monoisotopic (exact) mass is 311 g/mol. The SMILES string of the molecule is Cc1cc(Br)cc(CCN)c1OCc1ncon1. The number of ether oxygens (including phenoxy) is 1. The van der Waals surface area contributed by atoms with E-state index in [2.05, 4.69) is 30.6 Å². The molecule has 1 aromatic heterocycles. The molecule has 0 saturated carbocycles. The Labute approximate surface area is 113 Å². The first-order valence-electron chi connectivity index (χ1n) is 5.58. The third-order valence-corrected chi connectivity index (χ3v) is 2.94. The summed E-state index contributed by atoms with van der Waals surface area (Å²) in [6, 6.07) is 4.02. The summed E-state index contributed by atoms with van der Waals surface area (Å²) in [7, 11) is 0. The third kappa shape index (κ3) is 3.08. The van der Waals surface area contributed by atoms with Crippen molar-refractivity contribution in [2.45, 2.75) is 20.0 Å². The van der Waals surface area contributed by atoms with Crippen LogP contribution in [0.4, 0.5) is 0 Å². The van der Waals surface area contributed by atoms with Crippen molar-refractivity contribution in [2.24, 2.45) is 5.73 Å². The van der Waals surface area contributed by atoms with E-state index in [0.29, 0.717) is 12.4 Å². The lowest BCUT2D eigenvalue weighted by Gasteiger charge is -2.13. The third-order valence-electron chi connectivity index (χ3n) is 2.48. The molecule has 5 nitrogen and oxygen atoms in total. The van der Waals surface area contributed by atoms with Crippen molar-refractivity contribution in [1.82, 2.24) is 10.1 Å². The fraction of sp³-hybridized carbons (Fsp3) is 0.333. The average Bonchev–Trinajstić information content (AvgIpc) is 2.81. The molecule has 0 saturated heterocycles. The zero-order chi connectivity index (χ0) is 13.0. The highest BCUT2D eigenvalue weighted by atomic mass is 79.9. The van der Waals surface area contributed by atoms with Gasteiger partial charge >= 0.3 is 0 Å². The Morgan fingerprint density at radius 2 is 2.28 bits per heavy atom. The van der Waals surface area contributed by atoms with Gasteiger partial charge in [-0.1, -0.05) is 21.1 Å². The van der Waals surface area contributed by atoms with Crippen LogP contribution >= 0.6 is 15.9 Å². The summed E-state index contributed by atoms with van der Waals surface area (Å²) < 4.78 is 11.4. The molecule has 0 atom stereocenters. The molecule has 0 unspecified atom stereocenters. The Bertz CT molecular complexity index is 514. The van der Waals surface area contributed by atoms with Crippen LogP contribution in [-0.2, 0) is 13.0 Å². The summed E-state index contributed by atoms with van der Waals surface area (Å²) in [6.07, 6.45) is 2.05. The zero-order valence-corrected chi connectivity index (χ0v) is 11.6. The maximum Gasteiger partial charge on any atom is 0.213 e. The lowest BCUT2D eigenvalue weighted by molar-refractivity contribution is 0.282. The van der Waals surface area contributed by atoms with Crippen LogP contribution in [0.15, 0.2) is 27.5 Å². The fourth-order valence-electron chi connectivity index (χ4n) is 1.74. The topological polar surface area (TPSA) is 74.2 Å². The molecule has 2 aromatic rings.